The molecule has 1 saturated heterocycles. The van der Waals surface area contributed by atoms with Gasteiger partial charge in [0.05, 0.1) is 5.69 Å². The highest BCUT2D eigenvalue weighted by Crippen LogP contribution is 2.34. The molecule has 1 fully saturated rings. The van der Waals surface area contributed by atoms with E-state index in [4.69, 9.17) is 0 Å². The van der Waals surface area contributed by atoms with Gasteiger partial charge in [0.25, 0.3) is 15.9 Å². The molecule has 0 atom stereocenters. The van der Waals surface area contributed by atoms with Gasteiger partial charge in [-0.2, -0.15) is 8.42 Å². The molecule has 1 N–H and O–H groups in total. The van der Waals surface area contributed by atoms with E-state index in [0.29, 0.717) is 30.1 Å². The van der Waals surface area contributed by atoms with E-state index in [1.165, 1.54) is 6.07 Å². The van der Waals surface area contributed by atoms with Crippen molar-refractivity contribution < 1.29 is 13.2 Å². The van der Waals surface area contributed by atoms with Crippen molar-refractivity contribution in [1.29, 1.82) is 0 Å². The zero-order valence-corrected chi connectivity index (χ0v) is 16.9. The minimum Gasteiger partial charge on any atom is -0.351 e. The molecule has 0 bridgehead atoms. The van der Waals surface area contributed by atoms with Crippen molar-refractivity contribution in [3.8, 4) is 0 Å². The first-order chi connectivity index (χ1) is 13.0. The van der Waals surface area contributed by atoms with Crippen LogP contribution in [0.1, 0.15) is 49.9 Å². The number of sulfonamides is 1. The van der Waals surface area contributed by atoms with Crippen LogP contribution in [0.15, 0.2) is 27.5 Å². The van der Waals surface area contributed by atoms with Crippen LogP contribution in [0.25, 0.3) is 0 Å². The normalized spacial score (nSPS) is 18.3. The van der Waals surface area contributed by atoms with Gasteiger partial charge in [-0.15, -0.1) is 4.40 Å². The predicted octanol–water partition coefficient (Wildman–Crippen LogP) is 2.24. The molecule has 0 aromatic heterocycles. The van der Waals surface area contributed by atoms with Crippen LogP contribution in [0.3, 0.4) is 0 Å². The van der Waals surface area contributed by atoms with Gasteiger partial charge in [-0.3, -0.25) is 4.79 Å². The number of fused-ring (bicyclic) bond motifs is 3. The number of nitrogens with one attached hydrogen (secondary N) is 1. The lowest BCUT2D eigenvalue weighted by Gasteiger charge is -2.29. The van der Waals surface area contributed by atoms with Crippen LogP contribution >= 0.6 is 0 Å². The summed E-state index contributed by atoms with van der Waals surface area (Å²) in [5, 5.41) is 2.87. The fourth-order valence-electron chi connectivity index (χ4n) is 3.59. The third-order valence-electron chi connectivity index (χ3n) is 5.22. The van der Waals surface area contributed by atoms with E-state index in [9.17, 15) is 13.2 Å². The quantitative estimate of drug-likeness (QED) is 0.803. The Bertz CT molecular complexity index is 831. The van der Waals surface area contributed by atoms with E-state index in [-0.39, 0.29) is 10.8 Å². The third kappa shape index (κ3) is 4.32. The van der Waals surface area contributed by atoms with Crippen LogP contribution < -0.4 is 10.2 Å². The summed E-state index contributed by atoms with van der Waals surface area (Å²) in [5.74, 6) is 0.363. The van der Waals surface area contributed by atoms with Crippen LogP contribution in [0.5, 0.6) is 0 Å². The fourth-order valence-corrected chi connectivity index (χ4v) is 4.87. The lowest BCUT2D eigenvalue weighted by Crippen LogP contribution is -2.36. The molecule has 8 heteroatoms. The van der Waals surface area contributed by atoms with Crippen LogP contribution in [-0.4, -0.2) is 57.8 Å². The second-order valence-corrected chi connectivity index (χ2v) is 8.48. The Hall–Kier alpha value is -1.93. The Morgan fingerprint density at radius 1 is 1.22 bits per heavy atom. The molecular formula is C19H28N4O3S. The van der Waals surface area contributed by atoms with Crippen molar-refractivity contribution in [1.82, 2.24) is 10.2 Å². The Morgan fingerprint density at radius 2 is 2.00 bits per heavy atom. The Labute approximate surface area is 161 Å². The van der Waals surface area contributed by atoms with Crippen LogP contribution in [0.4, 0.5) is 5.69 Å². The maximum absolute atomic E-state index is 12.6. The highest BCUT2D eigenvalue weighted by atomic mass is 32.2. The van der Waals surface area contributed by atoms with Crippen LogP contribution in [-0.2, 0) is 10.0 Å². The van der Waals surface area contributed by atoms with Crippen molar-refractivity contribution in [3.63, 3.8) is 0 Å². The van der Waals surface area contributed by atoms with Gasteiger partial charge >= 0.3 is 0 Å². The second-order valence-electron chi connectivity index (χ2n) is 6.91. The SMILES string of the molecule is CCN(CC)CCNC(=O)c1ccc2c(c1)S(=O)(=O)N=C1CCCCCN12. The van der Waals surface area contributed by atoms with Gasteiger partial charge in [0.1, 0.15) is 10.7 Å². The molecule has 27 heavy (non-hydrogen) atoms. The molecule has 2 aliphatic heterocycles. The molecule has 0 unspecified atom stereocenters. The van der Waals surface area contributed by atoms with E-state index in [1.807, 2.05) is 4.90 Å². The topological polar surface area (TPSA) is 82.1 Å². The molecule has 1 amide bonds. The zero-order valence-electron chi connectivity index (χ0n) is 16.1. The van der Waals surface area contributed by atoms with E-state index in [1.54, 1.807) is 12.1 Å². The van der Waals surface area contributed by atoms with E-state index < -0.39 is 10.0 Å². The van der Waals surface area contributed by atoms with Crippen molar-refractivity contribution >= 4 is 27.5 Å². The maximum Gasteiger partial charge on any atom is 0.286 e. The number of rotatable bonds is 6. The first-order valence-electron chi connectivity index (χ1n) is 9.72. The van der Waals surface area contributed by atoms with E-state index >= 15 is 0 Å². The van der Waals surface area contributed by atoms with Gasteiger partial charge < -0.3 is 15.1 Å². The molecule has 148 valence electrons. The third-order valence-corrected chi connectivity index (χ3v) is 6.55. The molecule has 3 rings (SSSR count). The van der Waals surface area contributed by atoms with Gasteiger partial charge in [0.2, 0.25) is 0 Å². The summed E-state index contributed by atoms with van der Waals surface area (Å²) in [6.45, 7) is 8.08. The van der Waals surface area contributed by atoms with Gasteiger partial charge in [0, 0.05) is 31.6 Å². The number of nitrogens with zero attached hydrogens (tertiary/aromatic N) is 3. The number of amides is 1. The van der Waals surface area contributed by atoms with E-state index in [0.717, 1.165) is 45.4 Å². The van der Waals surface area contributed by atoms with Gasteiger partial charge in [-0.25, -0.2) is 0 Å². The number of benzene rings is 1. The summed E-state index contributed by atoms with van der Waals surface area (Å²) in [6, 6.07) is 4.91. The maximum atomic E-state index is 12.6. The Morgan fingerprint density at radius 3 is 2.74 bits per heavy atom. The summed E-state index contributed by atoms with van der Waals surface area (Å²) >= 11 is 0. The molecular weight excluding hydrogens is 364 g/mol. The second kappa shape index (κ2) is 8.39. The van der Waals surface area contributed by atoms with Gasteiger partial charge in [-0.05, 0) is 44.1 Å². The van der Waals surface area contributed by atoms with Crippen molar-refractivity contribution in [2.24, 2.45) is 4.40 Å². The predicted molar refractivity (Wildman–Crippen MR) is 107 cm³/mol. The summed E-state index contributed by atoms with van der Waals surface area (Å²) < 4.78 is 29.3. The fraction of sp³-hybridized carbons (Fsp3) is 0.579. The molecule has 0 spiro atoms. The molecule has 7 nitrogen and oxygen atoms in total. The smallest absolute Gasteiger partial charge is 0.286 e. The number of hydrogen-bond donors (Lipinski definition) is 1. The lowest BCUT2D eigenvalue weighted by molar-refractivity contribution is 0.0948. The number of anilines is 1. The molecule has 0 saturated carbocycles. The minimum absolute atomic E-state index is 0.129. The average Bonchev–Trinajstić information content (AvgIpc) is 2.89. The number of hydrogen-bond acceptors (Lipinski definition) is 5. The molecule has 2 aliphatic rings. The Balaban J connectivity index is 1.80. The number of likely N-dealkylation sites (N-methyl/N-ethyl adjacent to an activating group) is 1. The lowest BCUT2D eigenvalue weighted by atomic mass is 10.1. The van der Waals surface area contributed by atoms with Crippen molar-refractivity contribution in [2.75, 3.05) is 37.6 Å². The number of amidine groups is 1. The highest BCUT2D eigenvalue weighted by Gasteiger charge is 2.32. The minimum atomic E-state index is -3.77. The molecule has 2 heterocycles. The highest BCUT2D eigenvalue weighted by molar-refractivity contribution is 7.90. The van der Waals surface area contributed by atoms with Gasteiger partial charge in [0.15, 0.2) is 0 Å². The van der Waals surface area contributed by atoms with E-state index in [2.05, 4.69) is 28.5 Å². The molecule has 0 radical (unpaired) electrons. The monoisotopic (exact) mass is 392 g/mol. The average molecular weight is 393 g/mol. The Kier molecular flexibility index (Phi) is 6.16. The first kappa shape index (κ1) is 19.8. The first-order valence-corrected chi connectivity index (χ1v) is 11.2. The largest absolute Gasteiger partial charge is 0.351 e. The van der Waals surface area contributed by atoms with Gasteiger partial charge in [-0.1, -0.05) is 20.3 Å². The zero-order chi connectivity index (χ0) is 19.4. The van der Waals surface area contributed by atoms with Crippen LogP contribution in [0.2, 0.25) is 0 Å². The molecule has 1 aromatic rings. The number of carbonyl (C=O) groups is 1. The van der Waals surface area contributed by atoms with Crippen LogP contribution in [0, 0.1) is 0 Å². The molecule has 1 aromatic carbocycles. The summed E-state index contributed by atoms with van der Waals surface area (Å²) in [5.41, 5.74) is 0.993. The summed E-state index contributed by atoms with van der Waals surface area (Å²) in [7, 11) is -3.77. The summed E-state index contributed by atoms with van der Waals surface area (Å²) in [6.07, 6.45) is 3.70. The number of carbonyl (C=O) groups excluding carboxylic acids is 1. The van der Waals surface area contributed by atoms with Crippen molar-refractivity contribution in [2.45, 2.75) is 44.4 Å². The summed E-state index contributed by atoms with van der Waals surface area (Å²) in [4.78, 5) is 16.8. The van der Waals surface area contributed by atoms with Crippen molar-refractivity contribution in [3.05, 3.63) is 23.8 Å². The standard InChI is InChI=1S/C19H28N4O3S/c1-3-22(4-2)13-11-20-19(24)15-9-10-16-17(14-15)27(25,26)21-18-8-6-5-7-12-23(16)18/h9-10,14H,3-8,11-13H2,1-2H3,(H,20,24). The molecule has 0 aliphatic carbocycles.